The molecule has 0 aliphatic carbocycles. The van der Waals surface area contributed by atoms with Crippen molar-refractivity contribution in [1.29, 1.82) is 0 Å². The zero-order valence-corrected chi connectivity index (χ0v) is 13.3. The molecule has 2 N–H and O–H groups in total. The Hall–Kier alpha value is -2.10. The van der Waals surface area contributed by atoms with Gasteiger partial charge in [-0.1, -0.05) is 44.2 Å². The Kier molecular flexibility index (Phi) is 4.78. The van der Waals surface area contributed by atoms with Crippen molar-refractivity contribution >= 4 is 11.6 Å². The van der Waals surface area contributed by atoms with Crippen LogP contribution in [0.15, 0.2) is 36.4 Å². The fraction of sp³-hybridized carbons (Fsp3) is 0.412. The molecule has 0 aliphatic heterocycles. The monoisotopic (exact) mass is 284 g/mol. The molecule has 2 rings (SSSR count). The molecule has 4 nitrogen and oxygen atoms in total. The predicted octanol–water partition coefficient (Wildman–Crippen LogP) is 4.18. The molecule has 0 radical (unpaired) electrons. The SMILES string of the molecule is CCC(C)(CC)Nc1cc(NC)nc(-c2ccccc2)n1. The highest BCUT2D eigenvalue weighted by molar-refractivity contribution is 5.61. The topological polar surface area (TPSA) is 49.8 Å². The minimum Gasteiger partial charge on any atom is -0.373 e. The Morgan fingerprint density at radius 1 is 1.00 bits per heavy atom. The Balaban J connectivity index is 2.39. The number of nitrogens with one attached hydrogen (secondary N) is 2. The molecule has 2 aromatic rings. The van der Waals surface area contributed by atoms with E-state index in [2.05, 4.69) is 41.4 Å². The van der Waals surface area contributed by atoms with Gasteiger partial charge in [-0.2, -0.15) is 0 Å². The normalized spacial score (nSPS) is 11.2. The second-order valence-corrected chi connectivity index (χ2v) is 5.47. The van der Waals surface area contributed by atoms with Crippen LogP contribution in [0.2, 0.25) is 0 Å². The van der Waals surface area contributed by atoms with Crippen LogP contribution < -0.4 is 10.6 Å². The molecule has 0 saturated heterocycles. The summed E-state index contributed by atoms with van der Waals surface area (Å²) < 4.78 is 0. The van der Waals surface area contributed by atoms with E-state index in [-0.39, 0.29) is 5.54 Å². The summed E-state index contributed by atoms with van der Waals surface area (Å²) in [5.74, 6) is 2.42. The van der Waals surface area contributed by atoms with E-state index in [1.54, 1.807) is 0 Å². The van der Waals surface area contributed by atoms with Crippen molar-refractivity contribution in [2.24, 2.45) is 0 Å². The lowest BCUT2D eigenvalue weighted by Gasteiger charge is -2.29. The van der Waals surface area contributed by atoms with E-state index < -0.39 is 0 Å². The van der Waals surface area contributed by atoms with Gasteiger partial charge in [-0.05, 0) is 19.8 Å². The van der Waals surface area contributed by atoms with Crippen LogP contribution in [0.5, 0.6) is 0 Å². The number of hydrogen-bond acceptors (Lipinski definition) is 4. The Morgan fingerprint density at radius 3 is 2.19 bits per heavy atom. The number of nitrogens with zero attached hydrogens (tertiary/aromatic N) is 2. The molecule has 21 heavy (non-hydrogen) atoms. The van der Waals surface area contributed by atoms with Crippen molar-refractivity contribution in [2.75, 3.05) is 17.7 Å². The van der Waals surface area contributed by atoms with Gasteiger partial charge in [-0.15, -0.1) is 0 Å². The van der Waals surface area contributed by atoms with E-state index in [4.69, 9.17) is 0 Å². The first-order chi connectivity index (χ1) is 10.1. The Morgan fingerprint density at radius 2 is 1.62 bits per heavy atom. The maximum Gasteiger partial charge on any atom is 0.163 e. The molecule has 0 bridgehead atoms. The molecule has 0 saturated carbocycles. The fourth-order valence-electron chi connectivity index (χ4n) is 2.09. The van der Waals surface area contributed by atoms with E-state index in [9.17, 15) is 0 Å². The molecule has 0 unspecified atom stereocenters. The molecule has 0 atom stereocenters. The molecule has 4 heteroatoms. The number of aromatic nitrogens is 2. The lowest BCUT2D eigenvalue weighted by molar-refractivity contribution is 0.477. The lowest BCUT2D eigenvalue weighted by Crippen LogP contribution is -2.33. The minimum atomic E-state index is 0.0489. The summed E-state index contributed by atoms with van der Waals surface area (Å²) in [5, 5.41) is 6.66. The second kappa shape index (κ2) is 6.57. The first-order valence-electron chi connectivity index (χ1n) is 7.50. The first-order valence-corrected chi connectivity index (χ1v) is 7.50. The highest BCUT2D eigenvalue weighted by Crippen LogP contribution is 2.24. The molecule has 1 aromatic carbocycles. The van der Waals surface area contributed by atoms with Crippen LogP contribution >= 0.6 is 0 Å². The van der Waals surface area contributed by atoms with E-state index in [1.165, 1.54) is 0 Å². The quantitative estimate of drug-likeness (QED) is 0.835. The zero-order valence-electron chi connectivity index (χ0n) is 13.3. The summed E-state index contributed by atoms with van der Waals surface area (Å²) in [5.41, 5.74) is 1.07. The largest absolute Gasteiger partial charge is 0.373 e. The number of rotatable bonds is 6. The van der Waals surface area contributed by atoms with Gasteiger partial charge in [-0.25, -0.2) is 9.97 Å². The average molecular weight is 284 g/mol. The van der Waals surface area contributed by atoms with Gasteiger partial charge in [0.15, 0.2) is 5.82 Å². The third-order valence-corrected chi connectivity index (χ3v) is 4.00. The average Bonchev–Trinajstić information content (AvgIpc) is 2.55. The summed E-state index contributed by atoms with van der Waals surface area (Å²) in [4.78, 5) is 9.21. The second-order valence-electron chi connectivity index (χ2n) is 5.47. The Labute approximate surface area is 127 Å². The molecule has 0 fully saturated rings. The van der Waals surface area contributed by atoms with Crippen molar-refractivity contribution in [3.63, 3.8) is 0 Å². The molecule has 1 heterocycles. The van der Waals surface area contributed by atoms with E-state index in [1.807, 2.05) is 43.4 Å². The van der Waals surface area contributed by atoms with Gasteiger partial charge in [0.1, 0.15) is 11.6 Å². The van der Waals surface area contributed by atoms with Gasteiger partial charge in [0, 0.05) is 24.2 Å². The summed E-state index contributed by atoms with van der Waals surface area (Å²) in [6.07, 6.45) is 2.09. The molecular formula is C17H24N4. The summed E-state index contributed by atoms with van der Waals surface area (Å²) >= 11 is 0. The van der Waals surface area contributed by atoms with E-state index in [0.29, 0.717) is 0 Å². The van der Waals surface area contributed by atoms with Crippen LogP contribution in [0.4, 0.5) is 11.6 Å². The van der Waals surface area contributed by atoms with E-state index >= 15 is 0 Å². The number of hydrogen-bond donors (Lipinski definition) is 2. The van der Waals surface area contributed by atoms with Crippen molar-refractivity contribution < 1.29 is 0 Å². The predicted molar refractivity (Wildman–Crippen MR) is 89.6 cm³/mol. The Bertz CT molecular complexity index is 577. The molecule has 0 spiro atoms. The van der Waals surface area contributed by atoms with Crippen LogP contribution in [0, 0.1) is 0 Å². The van der Waals surface area contributed by atoms with Gasteiger partial charge in [0.25, 0.3) is 0 Å². The van der Waals surface area contributed by atoms with Crippen LogP contribution in [0.3, 0.4) is 0 Å². The maximum atomic E-state index is 4.67. The highest BCUT2D eigenvalue weighted by Gasteiger charge is 2.20. The van der Waals surface area contributed by atoms with Crippen molar-refractivity contribution in [1.82, 2.24) is 9.97 Å². The van der Waals surface area contributed by atoms with Crippen molar-refractivity contribution in [2.45, 2.75) is 39.2 Å². The summed E-state index contributed by atoms with van der Waals surface area (Å²) in [6, 6.07) is 12.0. The highest BCUT2D eigenvalue weighted by atomic mass is 15.1. The molecule has 1 aromatic heterocycles. The lowest BCUT2D eigenvalue weighted by atomic mass is 9.96. The number of benzene rings is 1. The molecule has 112 valence electrons. The van der Waals surface area contributed by atoms with Crippen LogP contribution in [-0.2, 0) is 0 Å². The third kappa shape index (κ3) is 3.72. The molecule has 0 amide bonds. The molecule has 0 aliphatic rings. The van der Waals surface area contributed by atoms with Gasteiger partial charge in [0.05, 0.1) is 0 Å². The zero-order chi connectivity index (χ0) is 15.3. The van der Waals surface area contributed by atoms with Gasteiger partial charge in [-0.3, -0.25) is 0 Å². The van der Waals surface area contributed by atoms with Crippen LogP contribution in [0.1, 0.15) is 33.6 Å². The standard InChI is InChI=1S/C17H24N4/c1-5-17(3,6-2)21-15-12-14(18-4)19-16(20-15)13-10-8-7-9-11-13/h7-12H,5-6H2,1-4H3,(H2,18,19,20,21). The van der Waals surface area contributed by atoms with Gasteiger partial charge in [0.2, 0.25) is 0 Å². The number of anilines is 2. The maximum absolute atomic E-state index is 4.67. The summed E-state index contributed by atoms with van der Waals surface area (Å²) in [6.45, 7) is 6.60. The third-order valence-electron chi connectivity index (χ3n) is 4.00. The molecular weight excluding hydrogens is 260 g/mol. The van der Waals surface area contributed by atoms with Crippen LogP contribution in [-0.4, -0.2) is 22.6 Å². The summed E-state index contributed by atoms with van der Waals surface area (Å²) in [7, 11) is 1.87. The van der Waals surface area contributed by atoms with Gasteiger partial charge < -0.3 is 10.6 Å². The van der Waals surface area contributed by atoms with Crippen molar-refractivity contribution in [3.05, 3.63) is 36.4 Å². The fourth-order valence-corrected chi connectivity index (χ4v) is 2.09. The first kappa shape index (κ1) is 15.3. The van der Waals surface area contributed by atoms with Crippen molar-refractivity contribution in [3.8, 4) is 11.4 Å². The minimum absolute atomic E-state index is 0.0489. The van der Waals surface area contributed by atoms with Crippen LogP contribution in [0.25, 0.3) is 11.4 Å². The van der Waals surface area contributed by atoms with Gasteiger partial charge >= 0.3 is 0 Å². The smallest absolute Gasteiger partial charge is 0.163 e. The van der Waals surface area contributed by atoms with E-state index in [0.717, 1.165) is 35.9 Å².